The van der Waals surface area contributed by atoms with E-state index >= 15 is 0 Å². The SMILES string of the molecule is N#C[C@@]1(c2ccc3c(N)ncnn23)O[C@@H](CBr)[C@@H](O)[C@H]1O. The number of nitrogens with two attached hydrogens (primary N) is 1. The van der Waals surface area contributed by atoms with Crippen LogP contribution in [0.5, 0.6) is 0 Å². The molecule has 0 saturated carbocycles. The highest BCUT2D eigenvalue weighted by molar-refractivity contribution is 9.09. The number of alkyl halides is 1. The van der Waals surface area contributed by atoms with Crippen molar-refractivity contribution in [3.63, 3.8) is 0 Å². The molecule has 0 amide bonds. The van der Waals surface area contributed by atoms with Gasteiger partial charge in [-0.3, -0.25) is 0 Å². The lowest BCUT2D eigenvalue weighted by atomic mass is 9.93. The van der Waals surface area contributed by atoms with Crippen LogP contribution in [0.3, 0.4) is 0 Å². The maximum Gasteiger partial charge on any atom is 0.225 e. The van der Waals surface area contributed by atoms with E-state index in [4.69, 9.17) is 10.5 Å². The highest BCUT2D eigenvalue weighted by Crippen LogP contribution is 2.40. The summed E-state index contributed by atoms with van der Waals surface area (Å²) in [6, 6.07) is 5.17. The smallest absolute Gasteiger partial charge is 0.225 e. The zero-order valence-corrected chi connectivity index (χ0v) is 12.3. The molecular formula is C12H12BrN5O3. The summed E-state index contributed by atoms with van der Waals surface area (Å²) in [7, 11) is 0. The number of aromatic nitrogens is 3. The van der Waals surface area contributed by atoms with Gasteiger partial charge in [0.15, 0.2) is 5.82 Å². The second kappa shape index (κ2) is 4.92. The van der Waals surface area contributed by atoms with Crippen LogP contribution in [0.1, 0.15) is 5.69 Å². The van der Waals surface area contributed by atoms with Crippen LogP contribution >= 0.6 is 15.9 Å². The number of nitriles is 1. The molecule has 9 heteroatoms. The van der Waals surface area contributed by atoms with E-state index in [9.17, 15) is 15.5 Å². The van der Waals surface area contributed by atoms with Gasteiger partial charge in [0.1, 0.15) is 30.1 Å². The number of aliphatic hydroxyl groups excluding tert-OH is 2. The van der Waals surface area contributed by atoms with E-state index in [1.54, 1.807) is 12.1 Å². The Labute approximate surface area is 127 Å². The van der Waals surface area contributed by atoms with Gasteiger partial charge in [0.25, 0.3) is 0 Å². The van der Waals surface area contributed by atoms with Gasteiger partial charge in [-0.2, -0.15) is 10.4 Å². The van der Waals surface area contributed by atoms with Crippen LogP contribution in [-0.4, -0.2) is 48.5 Å². The van der Waals surface area contributed by atoms with Crippen molar-refractivity contribution < 1.29 is 14.9 Å². The Morgan fingerprint density at radius 3 is 2.90 bits per heavy atom. The number of hydrogen-bond donors (Lipinski definition) is 3. The molecule has 3 rings (SSSR count). The molecule has 4 atom stereocenters. The molecule has 3 heterocycles. The minimum Gasteiger partial charge on any atom is -0.387 e. The highest BCUT2D eigenvalue weighted by Gasteiger charge is 2.57. The number of ether oxygens (including phenoxy) is 1. The molecule has 0 radical (unpaired) electrons. The molecule has 110 valence electrons. The van der Waals surface area contributed by atoms with Gasteiger partial charge in [0, 0.05) is 5.33 Å². The van der Waals surface area contributed by atoms with E-state index in [0.29, 0.717) is 11.2 Å². The van der Waals surface area contributed by atoms with Crippen molar-refractivity contribution in [2.75, 3.05) is 11.1 Å². The van der Waals surface area contributed by atoms with Gasteiger partial charge in [-0.05, 0) is 12.1 Å². The average molecular weight is 354 g/mol. The molecule has 1 aliphatic heterocycles. The molecule has 0 aromatic carbocycles. The molecule has 2 aromatic heterocycles. The summed E-state index contributed by atoms with van der Waals surface area (Å²) in [6.45, 7) is 0. The van der Waals surface area contributed by atoms with E-state index < -0.39 is 23.9 Å². The van der Waals surface area contributed by atoms with Gasteiger partial charge in [-0.25, -0.2) is 9.50 Å². The maximum absolute atomic E-state index is 10.3. The normalized spacial score (nSPS) is 32.4. The number of hydrogen-bond acceptors (Lipinski definition) is 7. The third-order valence-corrected chi connectivity index (χ3v) is 4.28. The standard InChI is InChI=1S/C12H12BrN5O3/c13-3-7-9(19)10(20)12(4-14,21-7)8-2-1-6-11(15)16-5-17-18(6)8/h1-2,5,7,9-10,19-20H,3H2,(H2,15,16,17)/t7-,9+,10+,12-/m0/s1. The Balaban J connectivity index is 2.20. The van der Waals surface area contributed by atoms with Crippen LogP contribution in [-0.2, 0) is 10.3 Å². The Bertz CT molecular complexity index is 729. The van der Waals surface area contributed by atoms with Gasteiger partial charge >= 0.3 is 0 Å². The van der Waals surface area contributed by atoms with Gasteiger partial charge in [0.05, 0.1) is 11.8 Å². The largest absolute Gasteiger partial charge is 0.387 e. The van der Waals surface area contributed by atoms with Crippen molar-refractivity contribution in [3.8, 4) is 6.07 Å². The number of aliphatic hydroxyl groups is 2. The second-order valence-corrected chi connectivity index (χ2v) is 5.40. The Hall–Kier alpha value is -1.73. The van der Waals surface area contributed by atoms with Gasteiger partial charge in [0.2, 0.25) is 5.60 Å². The summed E-state index contributed by atoms with van der Waals surface area (Å²) in [6.07, 6.45) is -2.05. The first-order chi connectivity index (χ1) is 10.0. The summed E-state index contributed by atoms with van der Waals surface area (Å²) in [5, 5.41) is 34.2. The topological polar surface area (TPSA) is 130 Å². The zero-order valence-electron chi connectivity index (χ0n) is 10.7. The highest BCUT2D eigenvalue weighted by atomic mass is 79.9. The summed E-state index contributed by atoms with van der Waals surface area (Å²) in [5.74, 6) is 0.245. The molecular weight excluding hydrogens is 342 g/mol. The fourth-order valence-corrected chi connectivity index (χ4v) is 3.06. The quantitative estimate of drug-likeness (QED) is 0.623. The van der Waals surface area contributed by atoms with E-state index in [2.05, 4.69) is 26.0 Å². The Morgan fingerprint density at radius 1 is 1.52 bits per heavy atom. The minimum absolute atomic E-state index is 0.245. The zero-order chi connectivity index (χ0) is 15.2. The predicted molar refractivity (Wildman–Crippen MR) is 75.4 cm³/mol. The third kappa shape index (κ3) is 1.84. The molecule has 4 N–H and O–H groups in total. The number of nitrogen functional groups attached to an aromatic ring is 1. The third-order valence-electron chi connectivity index (χ3n) is 3.64. The van der Waals surface area contributed by atoms with Gasteiger partial charge < -0.3 is 20.7 Å². The first-order valence-corrected chi connectivity index (χ1v) is 7.27. The first-order valence-electron chi connectivity index (χ1n) is 6.15. The summed E-state index contributed by atoms with van der Waals surface area (Å²) in [5.41, 5.74) is 4.83. The second-order valence-electron chi connectivity index (χ2n) is 4.75. The molecule has 21 heavy (non-hydrogen) atoms. The molecule has 1 saturated heterocycles. The number of rotatable bonds is 2. The fourth-order valence-electron chi connectivity index (χ4n) is 2.54. The van der Waals surface area contributed by atoms with Crippen LogP contribution in [0.15, 0.2) is 18.5 Å². The van der Waals surface area contributed by atoms with E-state index in [1.807, 2.05) is 6.07 Å². The van der Waals surface area contributed by atoms with Crippen LogP contribution in [0.25, 0.3) is 5.52 Å². The molecule has 0 bridgehead atoms. The molecule has 8 nitrogen and oxygen atoms in total. The molecule has 0 spiro atoms. The van der Waals surface area contributed by atoms with Crippen LogP contribution in [0, 0.1) is 11.3 Å². The van der Waals surface area contributed by atoms with Crippen molar-refractivity contribution in [2.45, 2.75) is 23.9 Å². The van der Waals surface area contributed by atoms with E-state index in [-0.39, 0.29) is 11.1 Å². The predicted octanol–water partition coefficient (Wildman–Crippen LogP) is -0.454. The monoisotopic (exact) mass is 353 g/mol. The van der Waals surface area contributed by atoms with Gasteiger partial charge in [-0.1, -0.05) is 15.9 Å². The first kappa shape index (κ1) is 14.2. The van der Waals surface area contributed by atoms with Crippen LogP contribution in [0.4, 0.5) is 5.82 Å². The summed E-state index contributed by atoms with van der Waals surface area (Å²) >= 11 is 3.19. The maximum atomic E-state index is 10.3. The minimum atomic E-state index is -1.72. The molecule has 0 unspecified atom stereocenters. The lowest BCUT2D eigenvalue weighted by Crippen LogP contribution is -2.40. The Morgan fingerprint density at radius 2 is 2.29 bits per heavy atom. The lowest BCUT2D eigenvalue weighted by molar-refractivity contribution is -0.0444. The van der Waals surface area contributed by atoms with Crippen molar-refractivity contribution in [3.05, 3.63) is 24.2 Å². The molecule has 1 fully saturated rings. The number of nitrogens with zero attached hydrogens (tertiary/aromatic N) is 4. The van der Waals surface area contributed by atoms with Gasteiger partial charge in [-0.15, -0.1) is 0 Å². The van der Waals surface area contributed by atoms with Crippen LogP contribution in [0.2, 0.25) is 0 Å². The number of halogens is 1. The van der Waals surface area contributed by atoms with E-state index in [1.165, 1.54) is 10.8 Å². The molecule has 0 aliphatic carbocycles. The Kier molecular flexibility index (Phi) is 3.33. The van der Waals surface area contributed by atoms with Crippen molar-refractivity contribution in [1.29, 1.82) is 5.26 Å². The van der Waals surface area contributed by atoms with E-state index in [0.717, 1.165) is 0 Å². The number of anilines is 1. The fraction of sp³-hybridized carbons (Fsp3) is 0.417. The van der Waals surface area contributed by atoms with Crippen LogP contribution < -0.4 is 5.73 Å². The average Bonchev–Trinajstić information content (AvgIpc) is 3.03. The molecule has 2 aromatic rings. The lowest BCUT2D eigenvalue weighted by Gasteiger charge is -2.24. The molecule has 1 aliphatic rings. The summed E-state index contributed by atoms with van der Waals surface area (Å²) < 4.78 is 7.02. The van der Waals surface area contributed by atoms with Crippen molar-refractivity contribution in [2.24, 2.45) is 0 Å². The number of fused-ring (bicyclic) bond motifs is 1. The van der Waals surface area contributed by atoms with Crippen molar-refractivity contribution >= 4 is 27.3 Å². The summed E-state index contributed by atoms with van der Waals surface area (Å²) in [4.78, 5) is 3.86. The van der Waals surface area contributed by atoms with Crippen molar-refractivity contribution in [1.82, 2.24) is 14.6 Å².